The fourth-order valence-corrected chi connectivity index (χ4v) is 6.06. The van der Waals surface area contributed by atoms with Crippen molar-refractivity contribution in [1.82, 2.24) is 9.62 Å². The van der Waals surface area contributed by atoms with Crippen LogP contribution in [0.2, 0.25) is 0 Å². The highest BCUT2D eigenvalue weighted by Crippen LogP contribution is 2.29. The molecule has 2 aliphatic rings. The number of nitrogens with zero attached hydrogens (tertiary/aromatic N) is 1. The number of likely N-dealkylation sites (tertiary alicyclic amines) is 1. The third-order valence-electron chi connectivity index (χ3n) is 6.59. The van der Waals surface area contributed by atoms with E-state index in [-0.39, 0.29) is 16.8 Å². The van der Waals surface area contributed by atoms with Gasteiger partial charge in [-0.1, -0.05) is 25.1 Å². The van der Waals surface area contributed by atoms with E-state index in [0.29, 0.717) is 30.8 Å². The van der Waals surface area contributed by atoms with Crippen LogP contribution in [0.4, 0.5) is 0 Å². The molecule has 6 nitrogen and oxygen atoms in total. The van der Waals surface area contributed by atoms with E-state index in [1.54, 1.807) is 11.0 Å². The number of ether oxygens (including phenoxy) is 1. The van der Waals surface area contributed by atoms with E-state index >= 15 is 0 Å². The number of amides is 1. The number of carbonyl (C=O) groups is 1. The van der Waals surface area contributed by atoms with Gasteiger partial charge in [-0.25, -0.2) is 13.1 Å². The molecule has 4 rings (SSSR count). The van der Waals surface area contributed by atoms with Crippen LogP contribution >= 0.6 is 0 Å². The highest BCUT2D eigenvalue weighted by Gasteiger charge is 2.27. The van der Waals surface area contributed by atoms with E-state index < -0.39 is 10.0 Å². The second-order valence-electron chi connectivity index (χ2n) is 8.68. The van der Waals surface area contributed by atoms with Crippen molar-refractivity contribution < 1.29 is 17.9 Å². The van der Waals surface area contributed by atoms with E-state index in [1.165, 1.54) is 43.2 Å². The summed E-state index contributed by atoms with van der Waals surface area (Å²) in [5.74, 6) is 0.209. The van der Waals surface area contributed by atoms with Crippen LogP contribution in [-0.4, -0.2) is 39.4 Å². The summed E-state index contributed by atoms with van der Waals surface area (Å²) in [5, 5.41) is 0. The molecule has 0 bridgehead atoms. The lowest BCUT2D eigenvalue weighted by Crippen LogP contribution is -2.30. The van der Waals surface area contributed by atoms with Crippen LogP contribution in [0.3, 0.4) is 0 Å². The Balaban J connectivity index is 1.61. The van der Waals surface area contributed by atoms with Crippen molar-refractivity contribution in [1.29, 1.82) is 0 Å². The van der Waals surface area contributed by atoms with Crippen molar-refractivity contribution in [3.8, 4) is 5.75 Å². The monoisotopic (exact) mass is 456 g/mol. The van der Waals surface area contributed by atoms with Crippen molar-refractivity contribution in [2.45, 2.75) is 62.8 Å². The minimum absolute atomic E-state index is 0.0808. The zero-order valence-corrected chi connectivity index (χ0v) is 19.7. The zero-order valence-electron chi connectivity index (χ0n) is 18.9. The normalized spacial score (nSPS) is 17.1. The molecule has 32 heavy (non-hydrogen) atoms. The molecule has 1 fully saturated rings. The average molecular weight is 457 g/mol. The van der Waals surface area contributed by atoms with Gasteiger partial charge in [-0.15, -0.1) is 0 Å². The molecule has 1 saturated heterocycles. The Labute approximate surface area is 191 Å². The Morgan fingerprint density at radius 3 is 2.44 bits per heavy atom. The standard InChI is InChI=1S/C25H32N2O4S/c1-3-23(20-11-10-18-8-4-5-9-19(18)16-20)26-32(29,30)21-12-13-24(31-2)22(17-21)25(28)27-14-6-7-15-27/h10-13,16-17,23,26H,3-9,14-15H2,1-2H3/t23-/m1/s1. The number of nitrogens with one attached hydrogen (secondary N) is 1. The second kappa shape index (κ2) is 9.63. The van der Waals surface area contributed by atoms with Gasteiger partial charge >= 0.3 is 0 Å². The molecule has 0 radical (unpaired) electrons. The van der Waals surface area contributed by atoms with Crippen molar-refractivity contribution in [3.05, 3.63) is 58.7 Å². The van der Waals surface area contributed by atoms with Crippen LogP contribution in [0.1, 0.15) is 72.1 Å². The minimum atomic E-state index is -3.82. The van der Waals surface area contributed by atoms with E-state index in [0.717, 1.165) is 31.2 Å². The van der Waals surface area contributed by atoms with E-state index in [4.69, 9.17) is 4.74 Å². The first-order valence-corrected chi connectivity index (χ1v) is 13.0. The molecule has 1 N–H and O–H groups in total. The molecule has 0 aromatic heterocycles. The molecule has 0 spiro atoms. The number of methoxy groups -OCH3 is 1. The molecule has 0 unspecified atom stereocenters. The minimum Gasteiger partial charge on any atom is -0.496 e. The van der Waals surface area contributed by atoms with Crippen LogP contribution in [-0.2, 0) is 22.9 Å². The Hall–Kier alpha value is -2.38. The van der Waals surface area contributed by atoms with Gasteiger partial charge in [0.25, 0.3) is 5.91 Å². The molecule has 1 aliphatic carbocycles. The first kappa shape index (κ1) is 22.8. The molecule has 1 aliphatic heterocycles. The summed E-state index contributed by atoms with van der Waals surface area (Å²) < 4.78 is 34.8. The first-order chi connectivity index (χ1) is 15.4. The van der Waals surface area contributed by atoms with Gasteiger partial charge in [0.2, 0.25) is 10.0 Å². The number of rotatable bonds is 7. The lowest BCUT2D eigenvalue weighted by Gasteiger charge is -2.22. The Morgan fingerprint density at radius 2 is 1.75 bits per heavy atom. The summed E-state index contributed by atoms with van der Waals surface area (Å²) in [6.07, 6.45) is 7.10. The topological polar surface area (TPSA) is 75.7 Å². The van der Waals surface area contributed by atoms with Crippen LogP contribution in [0.25, 0.3) is 0 Å². The average Bonchev–Trinajstić information content (AvgIpc) is 3.36. The van der Waals surface area contributed by atoms with E-state index in [1.807, 2.05) is 13.0 Å². The fraction of sp³-hybridized carbons (Fsp3) is 0.480. The molecule has 0 saturated carbocycles. The van der Waals surface area contributed by atoms with Crippen molar-refractivity contribution in [2.24, 2.45) is 0 Å². The van der Waals surface area contributed by atoms with Gasteiger partial charge in [-0.05, 0) is 79.8 Å². The first-order valence-electron chi connectivity index (χ1n) is 11.5. The lowest BCUT2D eigenvalue weighted by molar-refractivity contribution is 0.0789. The van der Waals surface area contributed by atoms with Gasteiger partial charge in [0.05, 0.1) is 17.6 Å². The van der Waals surface area contributed by atoms with Crippen LogP contribution in [0.15, 0.2) is 41.3 Å². The predicted octanol–water partition coefficient (Wildman–Crippen LogP) is 4.24. The molecule has 2 aromatic carbocycles. The maximum absolute atomic E-state index is 13.3. The van der Waals surface area contributed by atoms with Crippen molar-refractivity contribution in [2.75, 3.05) is 20.2 Å². The van der Waals surface area contributed by atoms with Crippen molar-refractivity contribution >= 4 is 15.9 Å². The molecule has 7 heteroatoms. The van der Waals surface area contributed by atoms with Gasteiger partial charge in [0, 0.05) is 19.1 Å². The number of fused-ring (bicyclic) bond motifs is 1. The van der Waals surface area contributed by atoms with Crippen LogP contribution < -0.4 is 9.46 Å². The number of carbonyl (C=O) groups excluding carboxylic acids is 1. The number of hydrogen-bond acceptors (Lipinski definition) is 4. The summed E-state index contributed by atoms with van der Waals surface area (Å²) in [6.45, 7) is 3.35. The number of aryl methyl sites for hydroxylation is 2. The summed E-state index contributed by atoms with van der Waals surface area (Å²) in [6, 6.07) is 10.5. The number of sulfonamides is 1. The Kier molecular flexibility index (Phi) is 6.86. The molecule has 2 aromatic rings. The highest BCUT2D eigenvalue weighted by atomic mass is 32.2. The molecule has 1 heterocycles. The lowest BCUT2D eigenvalue weighted by atomic mass is 9.89. The molecule has 172 valence electrons. The van der Waals surface area contributed by atoms with Crippen molar-refractivity contribution in [3.63, 3.8) is 0 Å². The summed E-state index contributed by atoms with van der Waals surface area (Å²) in [5.41, 5.74) is 3.98. The summed E-state index contributed by atoms with van der Waals surface area (Å²) in [4.78, 5) is 14.8. The maximum atomic E-state index is 13.3. The number of hydrogen-bond donors (Lipinski definition) is 1. The molecule has 1 atom stereocenters. The van der Waals surface area contributed by atoms with Crippen LogP contribution in [0.5, 0.6) is 5.75 Å². The van der Waals surface area contributed by atoms with Gasteiger partial charge in [0.1, 0.15) is 5.75 Å². The van der Waals surface area contributed by atoms with Gasteiger partial charge < -0.3 is 9.64 Å². The van der Waals surface area contributed by atoms with Gasteiger partial charge in [-0.2, -0.15) is 0 Å². The Bertz CT molecular complexity index is 1090. The second-order valence-corrected chi connectivity index (χ2v) is 10.4. The predicted molar refractivity (Wildman–Crippen MR) is 125 cm³/mol. The SMILES string of the molecule is CC[C@@H](NS(=O)(=O)c1ccc(OC)c(C(=O)N2CCCC2)c1)c1ccc2c(c1)CCCC2. The van der Waals surface area contributed by atoms with Gasteiger partial charge in [-0.3, -0.25) is 4.79 Å². The summed E-state index contributed by atoms with van der Waals surface area (Å²) >= 11 is 0. The quantitative estimate of drug-likeness (QED) is 0.676. The smallest absolute Gasteiger partial charge is 0.257 e. The molecular weight excluding hydrogens is 424 g/mol. The third-order valence-corrected chi connectivity index (χ3v) is 8.05. The molecular formula is C25H32N2O4S. The van der Waals surface area contributed by atoms with E-state index in [2.05, 4.69) is 16.9 Å². The maximum Gasteiger partial charge on any atom is 0.257 e. The zero-order chi connectivity index (χ0) is 22.7. The van der Waals surface area contributed by atoms with E-state index in [9.17, 15) is 13.2 Å². The van der Waals surface area contributed by atoms with Crippen LogP contribution in [0, 0.1) is 0 Å². The Morgan fingerprint density at radius 1 is 1.03 bits per heavy atom. The fourth-order valence-electron chi connectivity index (χ4n) is 4.72. The molecule has 1 amide bonds. The number of benzene rings is 2. The summed E-state index contributed by atoms with van der Waals surface area (Å²) in [7, 11) is -2.33. The largest absolute Gasteiger partial charge is 0.496 e. The third kappa shape index (κ3) is 4.69. The van der Waals surface area contributed by atoms with Gasteiger partial charge in [0.15, 0.2) is 0 Å². The highest BCUT2D eigenvalue weighted by molar-refractivity contribution is 7.89.